The van der Waals surface area contributed by atoms with Gasteiger partial charge in [-0.1, -0.05) is 11.6 Å². The van der Waals surface area contributed by atoms with Crippen molar-refractivity contribution in [2.75, 3.05) is 13.4 Å². The highest BCUT2D eigenvalue weighted by Crippen LogP contribution is 2.33. The van der Waals surface area contributed by atoms with Crippen molar-refractivity contribution in [3.05, 3.63) is 65.8 Å². The Hall–Kier alpha value is -4.07. The molecule has 0 radical (unpaired) electrons. The molecule has 1 aliphatic rings. The van der Waals surface area contributed by atoms with E-state index in [0.29, 0.717) is 57.1 Å². The molecule has 0 aliphatic heterocycles. The van der Waals surface area contributed by atoms with Gasteiger partial charge in [0.15, 0.2) is 11.3 Å². The molecule has 1 N–H and O–H groups in total. The second-order valence-corrected chi connectivity index (χ2v) is 11.2. The lowest BCUT2D eigenvalue weighted by Crippen LogP contribution is -2.48. The minimum Gasteiger partial charge on any atom is -0.494 e. The maximum Gasteiger partial charge on any atom is 0.272 e. The summed E-state index contributed by atoms with van der Waals surface area (Å²) in [5.74, 6) is 0.0845. The molecule has 5 aromatic rings. The largest absolute Gasteiger partial charge is 0.494 e. The van der Waals surface area contributed by atoms with Crippen molar-refractivity contribution in [3.8, 4) is 22.7 Å². The van der Waals surface area contributed by atoms with Crippen LogP contribution in [0.1, 0.15) is 23.3 Å². The molecule has 4 aromatic heterocycles. The summed E-state index contributed by atoms with van der Waals surface area (Å²) >= 11 is 6.31. The van der Waals surface area contributed by atoms with E-state index >= 15 is 0 Å². The van der Waals surface area contributed by atoms with E-state index < -0.39 is 22.1 Å². The van der Waals surface area contributed by atoms with Gasteiger partial charge in [-0.25, -0.2) is 14.2 Å². The molecule has 39 heavy (non-hydrogen) atoms. The molecule has 1 amide bonds. The Morgan fingerprint density at radius 3 is 2.77 bits per heavy atom. The lowest BCUT2D eigenvalue weighted by molar-refractivity contribution is 0.0734. The molecule has 0 unspecified atom stereocenters. The standard InChI is InChI=1S/C25H22ClN7O5S/c1-37-22-5-4-14(26)8-21(22)33-20-11-19(17-13-29-32-7-3-6-27-24(17)32)28-12-18(20)23(31-33)25(34)30-15-9-16(10-15)38-39(2,35)36/h3-8,11-13,15-16H,9-10H2,1-2H3,(H,30,34)/t15-,16+. The highest BCUT2D eigenvalue weighted by molar-refractivity contribution is 7.86. The van der Waals surface area contributed by atoms with Crippen molar-refractivity contribution in [1.82, 2.24) is 34.7 Å². The topological polar surface area (TPSA) is 143 Å². The van der Waals surface area contributed by atoms with Crippen LogP contribution < -0.4 is 10.1 Å². The van der Waals surface area contributed by atoms with Crippen LogP contribution in [0, 0.1) is 0 Å². The number of aromatic nitrogens is 6. The third kappa shape index (κ3) is 4.80. The maximum atomic E-state index is 13.4. The number of nitrogens with zero attached hydrogens (tertiary/aromatic N) is 6. The number of halogens is 1. The first-order chi connectivity index (χ1) is 18.7. The number of carbonyl (C=O) groups is 1. The third-order valence-electron chi connectivity index (χ3n) is 6.45. The van der Waals surface area contributed by atoms with Gasteiger partial charge in [0.05, 0.1) is 47.8 Å². The van der Waals surface area contributed by atoms with Crippen LogP contribution in [0.15, 0.2) is 55.1 Å². The molecule has 0 bridgehead atoms. The van der Waals surface area contributed by atoms with E-state index in [4.69, 9.17) is 20.5 Å². The summed E-state index contributed by atoms with van der Waals surface area (Å²) in [5, 5.41) is 12.9. The summed E-state index contributed by atoms with van der Waals surface area (Å²) in [6.45, 7) is 0. The third-order valence-corrected chi connectivity index (χ3v) is 7.30. The monoisotopic (exact) mass is 567 g/mol. The van der Waals surface area contributed by atoms with Crippen molar-refractivity contribution >= 4 is 44.2 Å². The Morgan fingerprint density at radius 1 is 1.18 bits per heavy atom. The van der Waals surface area contributed by atoms with Gasteiger partial charge in [-0.05, 0) is 43.2 Å². The molecular weight excluding hydrogens is 546 g/mol. The number of nitrogens with one attached hydrogen (secondary N) is 1. The molecule has 1 fully saturated rings. The van der Waals surface area contributed by atoms with Crippen molar-refractivity contribution in [3.63, 3.8) is 0 Å². The van der Waals surface area contributed by atoms with Crippen LogP contribution in [-0.2, 0) is 14.3 Å². The van der Waals surface area contributed by atoms with Crippen molar-refractivity contribution < 1.29 is 22.1 Å². The van der Waals surface area contributed by atoms with Crippen LogP contribution in [0.5, 0.6) is 5.75 Å². The van der Waals surface area contributed by atoms with Crippen LogP contribution in [0.25, 0.3) is 33.5 Å². The Bertz CT molecular complexity index is 1850. The van der Waals surface area contributed by atoms with E-state index in [0.717, 1.165) is 6.26 Å². The maximum absolute atomic E-state index is 13.4. The van der Waals surface area contributed by atoms with E-state index in [1.54, 1.807) is 58.3 Å². The number of fused-ring (bicyclic) bond motifs is 2. The molecule has 200 valence electrons. The predicted octanol–water partition coefficient (Wildman–Crippen LogP) is 3.03. The molecule has 6 rings (SSSR count). The van der Waals surface area contributed by atoms with Gasteiger partial charge in [0.1, 0.15) is 11.4 Å². The second-order valence-electron chi connectivity index (χ2n) is 9.17. The fraction of sp³-hybridized carbons (Fsp3) is 0.240. The molecule has 1 aliphatic carbocycles. The van der Waals surface area contributed by atoms with Gasteiger partial charge in [0.25, 0.3) is 16.0 Å². The number of benzene rings is 1. The Labute approximate surface area is 227 Å². The van der Waals surface area contributed by atoms with Crippen molar-refractivity contribution in [1.29, 1.82) is 0 Å². The van der Waals surface area contributed by atoms with Crippen LogP contribution >= 0.6 is 11.6 Å². The van der Waals surface area contributed by atoms with Gasteiger partial charge >= 0.3 is 0 Å². The molecule has 4 heterocycles. The lowest BCUT2D eigenvalue weighted by atomic mass is 9.89. The fourth-order valence-electron chi connectivity index (χ4n) is 4.61. The van der Waals surface area contributed by atoms with E-state index in [1.807, 2.05) is 6.07 Å². The predicted molar refractivity (Wildman–Crippen MR) is 143 cm³/mol. The smallest absolute Gasteiger partial charge is 0.272 e. The average molecular weight is 568 g/mol. The lowest BCUT2D eigenvalue weighted by Gasteiger charge is -2.34. The number of methoxy groups -OCH3 is 1. The van der Waals surface area contributed by atoms with Crippen LogP contribution in [0.3, 0.4) is 0 Å². The Balaban J connectivity index is 1.42. The normalized spacial score (nSPS) is 17.3. The minimum atomic E-state index is -3.56. The number of rotatable bonds is 7. The van der Waals surface area contributed by atoms with Crippen molar-refractivity contribution in [2.45, 2.75) is 25.0 Å². The SMILES string of the molecule is COc1ccc(Cl)cc1-n1nc(C(=O)N[C@H]2C[C@@H](OS(C)(=O)=O)C2)c2cnc(-c3cnn4cccnc34)cc21. The van der Waals surface area contributed by atoms with Gasteiger partial charge in [-0.15, -0.1) is 0 Å². The molecule has 0 spiro atoms. The average Bonchev–Trinajstić information content (AvgIpc) is 3.48. The molecule has 12 nitrogen and oxygen atoms in total. The summed E-state index contributed by atoms with van der Waals surface area (Å²) in [7, 11) is -2.02. The zero-order chi connectivity index (χ0) is 27.3. The zero-order valence-corrected chi connectivity index (χ0v) is 22.3. The zero-order valence-electron chi connectivity index (χ0n) is 20.8. The molecule has 0 saturated heterocycles. The molecular formula is C25H22ClN7O5S. The van der Waals surface area contributed by atoms with Gasteiger partial charge in [0, 0.05) is 29.7 Å². The van der Waals surface area contributed by atoms with E-state index in [2.05, 4.69) is 25.5 Å². The highest BCUT2D eigenvalue weighted by atomic mass is 35.5. The first-order valence-electron chi connectivity index (χ1n) is 11.9. The van der Waals surface area contributed by atoms with Gasteiger partial charge in [-0.3, -0.25) is 14.0 Å². The van der Waals surface area contributed by atoms with Crippen LogP contribution in [-0.4, -0.2) is 69.2 Å². The van der Waals surface area contributed by atoms with Crippen molar-refractivity contribution in [2.24, 2.45) is 0 Å². The number of ether oxygens (including phenoxy) is 1. The quantitative estimate of drug-likeness (QED) is 0.293. The highest BCUT2D eigenvalue weighted by Gasteiger charge is 2.34. The molecule has 1 saturated carbocycles. The van der Waals surface area contributed by atoms with E-state index in [-0.39, 0.29) is 11.7 Å². The summed E-state index contributed by atoms with van der Waals surface area (Å²) in [4.78, 5) is 22.4. The first kappa shape index (κ1) is 25.2. The summed E-state index contributed by atoms with van der Waals surface area (Å²) < 4.78 is 36.5. The number of amides is 1. The number of hydrogen-bond acceptors (Lipinski definition) is 9. The van der Waals surface area contributed by atoms with Gasteiger partial charge in [0.2, 0.25) is 0 Å². The van der Waals surface area contributed by atoms with Gasteiger partial charge < -0.3 is 10.1 Å². The number of hydrogen-bond donors (Lipinski definition) is 1. The fourth-order valence-corrected chi connectivity index (χ4v) is 5.43. The van der Waals surface area contributed by atoms with Crippen LogP contribution in [0.2, 0.25) is 5.02 Å². The second kappa shape index (κ2) is 9.59. The minimum absolute atomic E-state index is 0.150. The number of pyridine rings is 1. The van der Waals surface area contributed by atoms with Gasteiger partial charge in [-0.2, -0.15) is 18.6 Å². The summed E-state index contributed by atoms with van der Waals surface area (Å²) in [6, 6.07) is 8.46. The van der Waals surface area contributed by atoms with Crippen LogP contribution in [0.4, 0.5) is 0 Å². The Kier molecular flexibility index (Phi) is 6.20. The summed E-state index contributed by atoms with van der Waals surface area (Å²) in [6.07, 6.45) is 8.03. The molecule has 0 atom stereocenters. The molecule has 1 aromatic carbocycles. The number of carbonyl (C=O) groups excluding carboxylic acids is 1. The van der Waals surface area contributed by atoms with E-state index in [9.17, 15) is 13.2 Å². The first-order valence-corrected chi connectivity index (χ1v) is 14.1. The van der Waals surface area contributed by atoms with E-state index in [1.165, 1.54) is 7.11 Å². The molecule has 14 heteroatoms. The Morgan fingerprint density at radius 2 is 2.00 bits per heavy atom. The summed E-state index contributed by atoms with van der Waals surface area (Å²) in [5.41, 5.74) is 3.20.